The summed E-state index contributed by atoms with van der Waals surface area (Å²) in [5.74, 6) is -0.0772. The van der Waals surface area contributed by atoms with E-state index in [-0.39, 0.29) is 6.42 Å². The van der Waals surface area contributed by atoms with Crippen molar-refractivity contribution in [2.45, 2.75) is 72.1 Å². The minimum absolute atomic E-state index is 0.267. The molecule has 0 saturated carbocycles. The zero-order valence-corrected chi connectivity index (χ0v) is 13.2. The summed E-state index contributed by atoms with van der Waals surface area (Å²) in [5.41, 5.74) is 0. The van der Waals surface area contributed by atoms with Crippen LogP contribution in [0.2, 0.25) is 0 Å². The molecule has 0 aromatic rings. The molecule has 0 radical (unpaired) electrons. The highest BCUT2D eigenvalue weighted by Crippen LogP contribution is 2.09. The summed E-state index contributed by atoms with van der Waals surface area (Å²) in [4.78, 5) is 12.9. The maximum Gasteiger partial charge on any atom is 0.304 e. The lowest BCUT2D eigenvalue weighted by Gasteiger charge is -2.23. The number of hydrogen-bond donors (Lipinski definition) is 1. The molecule has 3 nitrogen and oxygen atoms in total. The maximum absolute atomic E-state index is 10.6. The molecule has 0 aromatic carbocycles. The molecule has 1 N–H and O–H groups in total. The molecule has 0 bridgehead atoms. The fraction of sp³-hybridized carbons (Fsp3) is 0.938. The molecule has 0 rings (SSSR count). The summed E-state index contributed by atoms with van der Waals surface area (Å²) in [5, 5.41) is 8.76. The highest BCUT2D eigenvalue weighted by molar-refractivity contribution is 5.66. The van der Waals surface area contributed by atoms with Crippen LogP contribution in [0.5, 0.6) is 0 Å². The second-order valence-electron chi connectivity index (χ2n) is 5.96. The van der Waals surface area contributed by atoms with Crippen LogP contribution in [0.1, 0.15) is 72.1 Å². The standard InChI is InChI=1S/C16H33NO2/c1-4-5-6-7-8-9-10-12-17(14-15(2)3)13-11-16(18)19/h15H,4-14H2,1-3H3,(H,18,19). The Balaban J connectivity index is 3.64. The molecule has 0 heterocycles. The number of hydrogen-bond acceptors (Lipinski definition) is 2. The second-order valence-corrected chi connectivity index (χ2v) is 5.96. The molecule has 0 aliphatic heterocycles. The van der Waals surface area contributed by atoms with Gasteiger partial charge in [-0.1, -0.05) is 59.3 Å². The van der Waals surface area contributed by atoms with Gasteiger partial charge in [0.25, 0.3) is 0 Å². The van der Waals surface area contributed by atoms with Gasteiger partial charge >= 0.3 is 5.97 Å². The maximum atomic E-state index is 10.6. The van der Waals surface area contributed by atoms with Gasteiger partial charge in [-0.05, 0) is 18.9 Å². The molecule has 0 aliphatic rings. The van der Waals surface area contributed by atoms with Crippen LogP contribution in [0.25, 0.3) is 0 Å². The highest BCUT2D eigenvalue weighted by atomic mass is 16.4. The van der Waals surface area contributed by atoms with Gasteiger partial charge < -0.3 is 10.0 Å². The van der Waals surface area contributed by atoms with Gasteiger partial charge in [0.05, 0.1) is 6.42 Å². The van der Waals surface area contributed by atoms with Crippen LogP contribution in [0.4, 0.5) is 0 Å². The molecule has 0 spiro atoms. The number of carbonyl (C=O) groups is 1. The topological polar surface area (TPSA) is 40.5 Å². The lowest BCUT2D eigenvalue weighted by molar-refractivity contribution is -0.137. The lowest BCUT2D eigenvalue weighted by Crippen LogP contribution is -2.31. The Morgan fingerprint density at radius 2 is 1.58 bits per heavy atom. The monoisotopic (exact) mass is 271 g/mol. The quantitative estimate of drug-likeness (QED) is 0.511. The fourth-order valence-corrected chi connectivity index (χ4v) is 2.36. The van der Waals surface area contributed by atoms with E-state index in [1.807, 2.05) is 0 Å². The highest BCUT2D eigenvalue weighted by Gasteiger charge is 2.09. The molecule has 0 aromatic heterocycles. The SMILES string of the molecule is CCCCCCCCCN(CCC(=O)O)CC(C)C. The van der Waals surface area contributed by atoms with Crippen LogP contribution in [0, 0.1) is 5.92 Å². The molecule has 3 heteroatoms. The third kappa shape index (κ3) is 13.7. The van der Waals surface area contributed by atoms with Crippen molar-refractivity contribution >= 4 is 5.97 Å². The smallest absolute Gasteiger partial charge is 0.304 e. The molecule has 0 amide bonds. The largest absolute Gasteiger partial charge is 0.481 e. The Labute approximate surface area is 119 Å². The minimum atomic E-state index is -0.687. The van der Waals surface area contributed by atoms with Gasteiger partial charge in [0.15, 0.2) is 0 Å². The van der Waals surface area contributed by atoms with Crippen molar-refractivity contribution in [3.63, 3.8) is 0 Å². The number of rotatable bonds is 13. The summed E-state index contributed by atoms with van der Waals surface area (Å²) in [6.07, 6.45) is 9.47. The minimum Gasteiger partial charge on any atom is -0.481 e. The van der Waals surface area contributed by atoms with E-state index in [4.69, 9.17) is 5.11 Å². The normalized spacial score (nSPS) is 11.4. The summed E-state index contributed by atoms with van der Waals surface area (Å²) in [6, 6.07) is 0. The van der Waals surface area contributed by atoms with Crippen LogP contribution >= 0.6 is 0 Å². The van der Waals surface area contributed by atoms with E-state index < -0.39 is 5.97 Å². The van der Waals surface area contributed by atoms with Crippen molar-refractivity contribution in [3.05, 3.63) is 0 Å². The second kappa shape index (κ2) is 12.5. The molecule has 114 valence electrons. The Morgan fingerprint density at radius 1 is 1.00 bits per heavy atom. The van der Waals surface area contributed by atoms with Crippen LogP contribution in [-0.4, -0.2) is 35.6 Å². The molecule has 0 fully saturated rings. The third-order valence-corrected chi connectivity index (χ3v) is 3.34. The molecule has 0 unspecified atom stereocenters. The average Bonchev–Trinajstić information content (AvgIpc) is 2.33. The van der Waals surface area contributed by atoms with E-state index in [2.05, 4.69) is 25.7 Å². The molecule has 0 aliphatic carbocycles. The first-order valence-corrected chi connectivity index (χ1v) is 8.00. The van der Waals surface area contributed by atoms with Crippen molar-refractivity contribution in [1.29, 1.82) is 0 Å². The fourth-order valence-electron chi connectivity index (χ4n) is 2.36. The van der Waals surface area contributed by atoms with E-state index in [1.165, 1.54) is 44.9 Å². The lowest BCUT2D eigenvalue weighted by atomic mass is 10.1. The van der Waals surface area contributed by atoms with Crippen molar-refractivity contribution in [3.8, 4) is 0 Å². The summed E-state index contributed by atoms with van der Waals surface area (Å²) in [6.45, 7) is 9.40. The van der Waals surface area contributed by atoms with Crippen molar-refractivity contribution < 1.29 is 9.90 Å². The van der Waals surface area contributed by atoms with Gasteiger partial charge in [-0.3, -0.25) is 4.79 Å². The molecular formula is C16H33NO2. The number of nitrogens with zero attached hydrogens (tertiary/aromatic N) is 1. The molecule has 0 atom stereocenters. The predicted molar refractivity (Wildman–Crippen MR) is 81.5 cm³/mol. The van der Waals surface area contributed by atoms with Crippen LogP contribution in [0.15, 0.2) is 0 Å². The Bertz CT molecular complexity index is 217. The Hall–Kier alpha value is -0.570. The van der Waals surface area contributed by atoms with Gasteiger partial charge in [0.2, 0.25) is 0 Å². The van der Waals surface area contributed by atoms with Gasteiger partial charge in [-0.15, -0.1) is 0 Å². The van der Waals surface area contributed by atoms with Gasteiger partial charge in [0, 0.05) is 13.1 Å². The van der Waals surface area contributed by atoms with Crippen LogP contribution in [-0.2, 0) is 4.79 Å². The van der Waals surface area contributed by atoms with E-state index in [1.54, 1.807) is 0 Å². The van der Waals surface area contributed by atoms with E-state index in [9.17, 15) is 4.79 Å². The van der Waals surface area contributed by atoms with Gasteiger partial charge in [0.1, 0.15) is 0 Å². The van der Waals surface area contributed by atoms with Crippen LogP contribution < -0.4 is 0 Å². The number of carboxylic acid groups (broad SMARTS) is 1. The predicted octanol–water partition coefficient (Wildman–Crippen LogP) is 4.17. The number of unbranched alkanes of at least 4 members (excludes halogenated alkanes) is 6. The first-order valence-electron chi connectivity index (χ1n) is 8.00. The zero-order chi connectivity index (χ0) is 14.5. The summed E-state index contributed by atoms with van der Waals surface area (Å²) in [7, 11) is 0. The van der Waals surface area contributed by atoms with Gasteiger partial charge in [-0.25, -0.2) is 0 Å². The van der Waals surface area contributed by atoms with Gasteiger partial charge in [-0.2, -0.15) is 0 Å². The molecular weight excluding hydrogens is 238 g/mol. The Morgan fingerprint density at radius 3 is 2.11 bits per heavy atom. The summed E-state index contributed by atoms with van der Waals surface area (Å²) >= 11 is 0. The first-order chi connectivity index (χ1) is 9.06. The Kier molecular flexibility index (Phi) is 12.1. The van der Waals surface area contributed by atoms with Crippen LogP contribution in [0.3, 0.4) is 0 Å². The van der Waals surface area contributed by atoms with Crippen molar-refractivity contribution in [2.75, 3.05) is 19.6 Å². The van der Waals surface area contributed by atoms with E-state index in [0.717, 1.165) is 13.1 Å². The average molecular weight is 271 g/mol. The molecule has 19 heavy (non-hydrogen) atoms. The third-order valence-electron chi connectivity index (χ3n) is 3.34. The number of aliphatic carboxylic acids is 1. The van der Waals surface area contributed by atoms with E-state index >= 15 is 0 Å². The van der Waals surface area contributed by atoms with Crippen molar-refractivity contribution in [1.82, 2.24) is 4.90 Å². The number of carboxylic acids is 1. The zero-order valence-electron chi connectivity index (χ0n) is 13.2. The van der Waals surface area contributed by atoms with E-state index in [0.29, 0.717) is 12.5 Å². The van der Waals surface area contributed by atoms with Crippen molar-refractivity contribution in [2.24, 2.45) is 5.92 Å². The first kappa shape index (κ1) is 18.4. The molecule has 0 saturated heterocycles. The summed E-state index contributed by atoms with van der Waals surface area (Å²) < 4.78 is 0.